The second-order valence-electron chi connectivity index (χ2n) is 5.53. The van der Waals surface area contributed by atoms with Crippen LogP contribution in [0.2, 0.25) is 0 Å². The number of aliphatic hydroxyl groups excluding tert-OH is 8. The van der Waals surface area contributed by atoms with Gasteiger partial charge >= 0.3 is 0 Å². The predicted molar refractivity (Wildman–Crippen MR) is 68.6 cm³/mol. The first-order valence-electron chi connectivity index (χ1n) is 7.08. The topological polar surface area (TPSA) is 190 Å². The van der Waals surface area contributed by atoms with Gasteiger partial charge in [0, 0.05) is 0 Å². The number of ether oxygens (including phenoxy) is 3. The van der Waals surface area contributed by atoms with Crippen LogP contribution in [0.1, 0.15) is 0 Å². The summed E-state index contributed by atoms with van der Waals surface area (Å²) in [4.78, 5) is 0. The average Bonchev–Trinajstić information content (AvgIpc) is 2.55. The first-order chi connectivity index (χ1) is 10.8. The third-order valence-corrected chi connectivity index (χ3v) is 3.98. The van der Waals surface area contributed by atoms with Gasteiger partial charge in [0.2, 0.25) is 0 Å². The van der Waals surface area contributed by atoms with E-state index < -0.39 is 74.6 Å². The molecular weight excluding hydrogens is 320 g/mol. The van der Waals surface area contributed by atoms with Crippen molar-refractivity contribution in [3.63, 3.8) is 0 Å². The Balaban J connectivity index is 2.11. The molecule has 4 unspecified atom stereocenters. The summed E-state index contributed by atoms with van der Waals surface area (Å²) in [5.74, 6) is 0. The Morgan fingerprint density at radius 3 is 1.83 bits per heavy atom. The van der Waals surface area contributed by atoms with Gasteiger partial charge in [0.1, 0.15) is 48.8 Å². The zero-order valence-corrected chi connectivity index (χ0v) is 12.0. The minimum atomic E-state index is -1.74. The molecule has 0 amide bonds. The molecule has 136 valence electrons. The van der Waals surface area contributed by atoms with Gasteiger partial charge in [-0.05, 0) is 0 Å². The lowest BCUT2D eigenvalue weighted by atomic mass is 9.97. The molecule has 2 fully saturated rings. The normalized spacial score (nSPS) is 51.7. The molecule has 11 nitrogen and oxygen atoms in total. The van der Waals surface area contributed by atoms with Crippen LogP contribution < -0.4 is 0 Å². The van der Waals surface area contributed by atoms with Gasteiger partial charge in [0.05, 0.1) is 13.2 Å². The van der Waals surface area contributed by atoms with Crippen LogP contribution in [0.15, 0.2) is 0 Å². The first kappa shape index (κ1) is 18.9. The summed E-state index contributed by atoms with van der Waals surface area (Å²) in [6.45, 7) is -1.35. The largest absolute Gasteiger partial charge is 0.394 e. The molecule has 0 spiro atoms. The summed E-state index contributed by atoms with van der Waals surface area (Å²) >= 11 is 0. The van der Waals surface area contributed by atoms with E-state index in [1.807, 2.05) is 0 Å². The molecule has 0 aromatic heterocycles. The second kappa shape index (κ2) is 7.63. The molecule has 0 bridgehead atoms. The lowest BCUT2D eigenvalue weighted by Crippen LogP contribution is -2.64. The Morgan fingerprint density at radius 2 is 1.26 bits per heavy atom. The second-order valence-corrected chi connectivity index (χ2v) is 5.53. The highest BCUT2D eigenvalue weighted by atomic mass is 16.7. The van der Waals surface area contributed by atoms with E-state index in [2.05, 4.69) is 0 Å². The van der Waals surface area contributed by atoms with Crippen molar-refractivity contribution < 1.29 is 55.1 Å². The molecule has 0 radical (unpaired) electrons. The number of aliphatic hydroxyl groups is 8. The van der Waals surface area contributed by atoms with Crippen molar-refractivity contribution in [3.8, 4) is 0 Å². The molecule has 2 heterocycles. The van der Waals surface area contributed by atoms with E-state index in [1.54, 1.807) is 0 Å². The highest BCUT2D eigenvalue weighted by Crippen LogP contribution is 2.28. The minimum Gasteiger partial charge on any atom is -0.394 e. The molecule has 10 atom stereocenters. The highest BCUT2D eigenvalue weighted by molar-refractivity contribution is 4.93. The van der Waals surface area contributed by atoms with Crippen molar-refractivity contribution in [2.45, 2.75) is 61.4 Å². The molecule has 0 aromatic rings. The lowest BCUT2D eigenvalue weighted by Gasteiger charge is -2.45. The number of hydrogen-bond acceptors (Lipinski definition) is 11. The van der Waals surface area contributed by atoms with Crippen LogP contribution in [0.5, 0.6) is 0 Å². The number of hydrogen-bond donors (Lipinski definition) is 8. The third kappa shape index (κ3) is 3.65. The third-order valence-electron chi connectivity index (χ3n) is 3.98. The standard InChI is InChI=1S/C12H22O11/c13-1-3-5(15)6(16)9(19)12(22-3)23-10-4(2-14)21-11(20)8(18)7(10)17/h3-20H,1-2H2/t3?,4?,5-,6+,7?,8-,9?,10+,11+,12+/m1/s1. The first-order valence-corrected chi connectivity index (χ1v) is 7.08. The predicted octanol–water partition coefficient (Wildman–Crippen LogP) is -5.40. The maximum Gasteiger partial charge on any atom is 0.187 e. The molecule has 2 saturated heterocycles. The van der Waals surface area contributed by atoms with E-state index >= 15 is 0 Å². The molecule has 8 N–H and O–H groups in total. The summed E-state index contributed by atoms with van der Waals surface area (Å²) < 4.78 is 15.3. The van der Waals surface area contributed by atoms with Gasteiger partial charge in [-0.25, -0.2) is 0 Å². The summed E-state index contributed by atoms with van der Waals surface area (Å²) in [5.41, 5.74) is 0. The fourth-order valence-corrected chi connectivity index (χ4v) is 2.57. The van der Waals surface area contributed by atoms with Crippen LogP contribution in [-0.4, -0.2) is 115 Å². The Morgan fingerprint density at radius 1 is 0.652 bits per heavy atom. The molecule has 0 aromatic carbocycles. The van der Waals surface area contributed by atoms with E-state index in [0.717, 1.165) is 0 Å². The van der Waals surface area contributed by atoms with Crippen LogP contribution in [0.4, 0.5) is 0 Å². The molecule has 2 aliphatic heterocycles. The van der Waals surface area contributed by atoms with Crippen LogP contribution >= 0.6 is 0 Å². The van der Waals surface area contributed by atoms with Gasteiger partial charge in [0.15, 0.2) is 12.6 Å². The number of rotatable bonds is 4. The van der Waals surface area contributed by atoms with Crippen molar-refractivity contribution in [1.82, 2.24) is 0 Å². The SMILES string of the molecule is OCC1O[C@H](O)[C@H](O)C(O)[C@H]1O[C@@H]1OC(CO)[C@@H](O)[C@H](O)C1O. The van der Waals surface area contributed by atoms with Crippen molar-refractivity contribution in [1.29, 1.82) is 0 Å². The molecule has 0 aliphatic carbocycles. The zero-order valence-electron chi connectivity index (χ0n) is 12.0. The van der Waals surface area contributed by atoms with Crippen molar-refractivity contribution >= 4 is 0 Å². The van der Waals surface area contributed by atoms with Crippen LogP contribution in [0.3, 0.4) is 0 Å². The molecule has 2 aliphatic rings. The smallest absolute Gasteiger partial charge is 0.187 e. The van der Waals surface area contributed by atoms with Crippen molar-refractivity contribution in [2.75, 3.05) is 13.2 Å². The Bertz CT molecular complexity index is 378. The summed E-state index contributed by atoms with van der Waals surface area (Å²) in [7, 11) is 0. The average molecular weight is 342 g/mol. The van der Waals surface area contributed by atoms with Gasteiger partial charge in [-0.1, -0.05) is 0 Å². The quantitative estimate of drug-likeness (QED) is 0.243. The van der Waals surface area contributed by atoms with Gasteiger partial charge in [0.25, 0.3) is 0 Å². The molecule has 23 heavy (non-hydrogen) atoms. The zero-order chi connectivity index (χ0) is 17.3. The van der Waals surface area contributed by atoms with Gasteiger partial charge in [-0.15, -0.1) is 0 Å². The lowest BCUT2D eigenvalue weighted by molar-refractivity contribution is -0.355. The molecule has 2 rings (SSSR count). The summed E-state index contributed by atoms with van der Waals surface area (Å²) in [5, 5.41) is 76.5. The summed E-state index contributed by atoms with van der Waals surface area (Å²) in [6, 6.07) is 0. The molecule has 11 heteroatoms. The van der Waals surface area contributed by atoms with E-state index in [9.17, 15) is 35.7 Å². The maximum absolute atomic E-state index is 9.94. The Hall–Kier alpha value is -0.440. The van der Waals surface area contributed by atoms with E-state index in [4.69, 9.17) is 19.3 Å². The van der Waals surface area contributed by atoms with E-state index in [0.29, 0.717) is 0 Å². The minimum absolute atomic E-state index is 0.667. The van der Waals surface area contributed by atoms with Crippen LogP contribution in [-0.2, 0) is 14.2 Å². The fraction of sp³-hybridized carbons (Fsp3) is 1.00. The van der Waals surface area contributed by atoms with Gasteiger partial charge in [-0.2, -0.15) is 0 Å². The maximum atomic E-state index is 9.94. The highest BCUT2D eigenvalue weighted by Gasteiger charge is 2.50. The Labute approximate surface area is 130 Å². The Kier molecular flexibility index (Phi) is 6.27. The summed E-state index contributed by atoms with van der Waals surface area (Å²) in [6.07, 6.45) is -15.6. The van der Waals surface area contributed by atoms with Crippen molar-refractivity contribution in [3.05, 3.63) is 0 Å². The molecule has 0 saturated carbocycles. The molecular formula is C12H22O11. The van der Waals surface area contributed by atoms with Crippen LogP contribution in [0, 0.1) is 0 Å². The van der Waals surface area contributed by atoms with Gasteiger partial charge < -0.3 is 55.1 Å². The van der Waals surface area contributed by atoms with Crippen molar-refractivity contribution in [2.24, 2.45) is 0 Å². The monoisotopic (exact) mass is 342 g/mol. The van der Waals surface area contributed by atoms with E-state index in [-0.39, 0.29) is 0 Å². The fourth-order valence-electron chi connectivity index (χ4n) is 2.57. The van der Waals surface area contributed by atoms with Crippen LogP contribution in [0.25, 0.3) is 0 Å². The van der Waals surface area contributed by atoms with Gasteiger partial charge in [-0.3, -0.25) is 0 Å². The van der Waals surface area contributed by atoms with E-state index in [1.165, 1.54) is 0 Å².